The SMILES string of the molecule is COC(=O)C(C)CSc1ccc(C(C)=O)nc1. The lowest BCUT2D eigenvalue weighted by atomic mass is 10.2. The van der Waals surface area contributed by atoms with Crippen LogP contribution in [0.3, 0.4) is 0 Å². The van der Waals surface area contributed by atoms with Crippen LogP contribution in [0.4, 0.5) is 0 Å². The van der Waals surface area contributed by atoms with Crippen molar-refractivity contribution < 1.29 is 14.3 Å². The van der Waals surface area contributed by atoms with Gasteiger partial charge in [0.25, 0.3) is 0 Å². The molecular formula is C12H15NO3S. The molecule has 1 unspecified atom stereocenters. The van der Waals surface area contributed by atoms with Gasteiger partial charge in [0, 0.05) is 23.8 Å². The fourth-order valence-electron chi connectivity index (χ4n) is 1.16. The summed E-state index contributed by atoms with van der Waals surface area (Å²) in [5.74, 6) is 0.209. The van der Waals surface area contributed by atoms with E-state index in [0.717, 1.165) is 4.90 Å². The average molecular weight is 253 g/mol. The molecule has 4 nitrogen and oxygen atoms in total. The van der Waals surface area contributed by atoms with E-state index in [0.29, 0.717) is 11.4 Å². The molecule has 1 aromatic rings. The number of hydrogen-bond acceptors (Lipinski definition) is 5. The van der Waals surface area contributed by atoms with Crippen molar-refractivity contribution in [3.63, 3.8) is 0 Å². The average Bonchev–Trinajstić information content (AvgIpc) is 2.35. The molecule has 0 saturated heterocycles. The van der Waals surface area contributed by atoms with Crippen molar-refractivity contribution in [1.82, 2.24) is 4.98 Å². The minimum atomic E-state index is -0.217. The molecule has 0 bridgehead atoms. The van der Waals surface area contributed by atoms with Crippen LogP contribution in [0.25, 0.3) is 0 Å². The van der Waals surface area contributed by atoms with Crippen molar-refractivity contribution in [3.8, 4) is 0 Å². The molecule has 0 spiro atoms. The number of hydrogen-bond donors (Lipinski definition) is 0. The molecule has 1 rings (SSSR count). The number of nitrogens with zero attached hydrogens (tertiary/aromatic N) is 1. The van der Waals surface area contributed by atoms with Gasteiger partial charge in [0.2, 0.25) is 0 Å². The minimum Gasteiger partial charge on any atom is -0.469 e. The van der Waals surface area contributed by atoms with E-state index in [4.69, 9.17) is 0 Å². The second-order valence-electron chi connectivity index (χ2n) is 3.67. The predicted molar refractivity (Wildman–Crippen MR) is 66.1 cm³/mol. The summed E-state index contributed by atoms with van der Waals surface area (Å²) in [6, 6.07) is 3.52. The molecule has 0 aliphatic carbocycles. The van der Waals surface area contributed by atoms with Crippen LogP contribution < -0.4 is 0 Å². The molecule has 92 valence electrons. The van der Waals surface area contributed by atoms with Crippen molar-refractivity contribution in [2.75, 3.05) is 12.9 Å². The lowest BCUT2D eigenvalue weighted by Crippen LogP contribution is -2.14. The Bertz CT molecular complexity index is 403. The molecule has 0 aliphatic rings. The molecule has 0 aromatic carbocycles. The highest BCUT2D eigenvalue weighted by molar-refractivity contribution is 7.99. The van der Waals surface area contributed by atoms with Gasteiger partial charge in [0.1, 0.15) is 5.69 Å². The lowest BCUT2D eigenvalue weighted by molar-refractivity contribution is -0.143. The van der Waals surface area contributed by atoms with E-state index in [1.165, 1.54) is 25.8 Å². The first kappa shape index (κ1) is 13.7. The number of esters is 1. The van der Waals surface area contributed by atoms with Crippen molar-refractivity contribution >= 4 is 23.5 Å². The summed E-state index contributed by atoms with van der Waals surface area (Å²) in [6.45, 7) is 3.30. The van der Waals surface area contributed by atoms with E-state index < -0.39 is 0 Å². The van der Waals surface area contributed by atoms with Crippen molar-refractivity contribution in [1.29, 1.82) is 0 Å². The number of ether oxygens (including phenoxy) is 1. The molecule has 0 aliphatic heterocycles. The van der Waals surface area contributed by atoms with Gasteiger partial charge in [-0.15, -0.1) is 11.8 Å². The molecule has 5 heteroatoms. The fourth-order valence-corrected chi connectivity index (χ4v) is 2.03. The number of thioether (sulfide) groups is 1. The number of aromatic nitrogens is 1. The Morgan fingerprint density at radius 1 is 1.47 bits per heavy atom. The summed E-state index contributed by atoms with van der Waals surface area (Å²) in [5, 5.41) is 0. The first-order valence-electron chi connectivity index (χ1n) is 5.22. The summed E-state index contributed by atoms with van der Waals surface area (Å²) >= 11 is 1.52. The Labute approximate surface area is 105 Å². The molecule has 0 amide bonds. The predicted octanol–water partition coefficient (Wildman–Crippen LogP) is 2.19. The number of methoxy groups -OCH3 is 1. The third kappa shape index (κ3) is 4.19. The Balaban J connectivity index is 2.53. The van der Waals surface area contributed by atoms with Crippen LogP contribution in [0.15, 0.2) is 23.2 Å². The van der Waals surface area contributed by atoms with E-state index in [2.05, 4.69) is 9.72 Å². The van der Waals surface area contributed by atoms with Gasteiger partial charge in [0.05, 0.1) is 13.0 Å². The normalized spacial score (nSPS) is 11.9. The summed E-state index contributed by atoms with van der Waals surface area (Å²) in [7, 11) is 1.38. The Morgan fingerprint density at radius 3 is 2.65 bits per heavy atom. The second-order valence-corrected chi connectivity index (χ2v) is 4.76. The van der Waals surface area contributed by atoms with Gasteiger partial charge in [-0.2, -0.15) is 0 Å². The lowest BCUT2D eigenvalue weighted by Gasteiger charge is -2.08. The van der Waals surface area contributed by atoms with Crippen LogP contribution in [0.1, 0.15) is 24.3 Å². The summed E-state index contributed by atoms with van der Waals surface area (Å²) in [6.07, 6.45) is 1.64. The van der Waals surface area contributed by atoms with Gasteiger partial charge in [-0.25, -0.2) is 0 Å². The third-order valence-corrected chi connectivity index (χ3v) is 3.44. The molecule has 1 aromatic heterocycles. The van der Waals surface area contributed by atoms with E-state index >= 15 is 0 Å². The molecule has 0 saturated carbocycles. The van der Waals surface area contributed by atoms with Crippen LogP contribution in [0.2, 0.25) is 0 Å². The van der Waals surface area contributed by atoms with Crippen molar-refractivity contribution in [2.24, 2.45) is 5.92 Å². The topological polar surface area (TPSA) is 56.3 Å². The molecule has 0 radical (unpaired) electrons. The maximum absolute atomic E-state index is 11.2. The summed E-state index contributed by atoms with van der Waals surface area (Å²) in [4.78, 5) is 27.2. The Morgan fingerprint density at radius 2 is 2.18 bits per heavy atom. The largest absolute Gasteiger partial charge is 0.469 e. The zero-order valence-electron chi connectivity index (χ0n) is 10.1. The van der Waals surface area contributed by atoms with Gasteiger partial charge in [0.15, 0.2) is 5.78 Å². The zero-order valence-corrected chi connectivity index (χ0v) is 10.9. The molecule has 0 fully saturated rings. The molecule has 0 N–H and O–H groups in total. The van der Waals surface area contributed by atoms with Gasteiger partial charge in [-0.3, -0.25) is 14.6 Å². The number of ketones is 1. The number of pyridine rings is 1. The Kier molecular flexibility index (Phi) is 5.15. The highest BCUT2D eigenvalue weighted by Gasteiger charge is 2.13. The van der Waals surface area contributed by atoms with E-state index in [9.17, 15) is 9.59 Å². The first-order chi connectivity index (χ1) is 8.04. The fraction of sp³-hybridized carbons (Fsp3) is 0.417. The highest BCUT2D eigenvalue weighted by Crippen LogP contribution is 2.20. The number of carbonyl (C=O) groups is 2. The van der Waals surface area contributed by atoms with E-state index in [1.54, 1.807) is 12.3 Å². The summed E-state index contributed by atoms with van der Waals surface area (Å²) in [5.41, 5.74) is 0.454. The Hall–Kier alpha value is -1.36. The maximum atomic E-state index is 11.2. The summed E-state index contributed by atoms with van der Waals surface area (Å²) < 4.78 is 4.64. The monoisotopic (exact) mass is 253 g/mol. The maximum Gasteiger partial charge on any atom is 0.309 e. The molecule has 1 atom stereocenters. The molecule has 1 heterocycles. The second kappa shape index (κ2) is 6.39. The molecule has 17 heavy (non-hydrogen) atoms. The van der Waals surface area contributed by atoms with Gasteiger partial charge < -0.3 is 4.74 Å². The molecular weight excluding hydrogens is 238 g/mol. The third-order valence-electron chi connectivity index (χ3n) is 2.20. The highest BCUT2D eigenvalue weighted by atomic mass is 32.2. The standard InChI is InChI=1S/C12H15NO3S/c1-8(12(15)16-3)7-17-10-4-5-11(9(2)14)13-6-10/h4-6,8H,7H2,1-3H3. The van der Waals surface area contributed by atoms with Crippen LogP contribution in [0.5, 0.6) is 0 Å². The van der Waals surface area contributed by atoms with Crippen LogP contribution in [-0.4, -0.2) is 29.6 Å². The number of Topliss-reactive ketones (excluding diaryl/α,β-unsaturated/α-hetero) is 1. The van der Waals surface area contributed by atoms with Crippen LogP contribution in [-0.2, 0) is 9.53 Å². The van der Waals surface area contributed by atoms with Crippen LogP contribution in [0, 0.1) is 5.92 Å². The van der Waals surface area contributed by atoms with Crippen molar-refractivity contribution in [2.45, 2.75) is 18.7 Å². The smallest absolute Gasteiger partial charge is 0.309 e. The quantitative estimate of drug-likeness (QED) is 0.457. The number of carbonyl (C=O) groups excluding carboxylic acids is 2. The van der Waals surface area contributed by atoms with Gasteiger partial charge in [-0.1, -0.05) is 6.92 Å². The minimum absolute atomic E-state index is 0.0514. The van der Waals surface area contributed by atoms with E-state index in [1.807, 2.05) is 13.0 Å². The van der Waals surface area contributed by atoms with E-state index in [-0.39, 0.29) is 17.7 Å². The number of rotatable bonds is 5. The van der Waals surface area contributed by atoms with Gasteiger partial charge >= 0.3 is 5.97 Å². The zero-order chi connectivity index (χ0) is 12.8. The first-order valence-corrected chi connectivity index (χ1v) is 6.20. The van der Waals surface area contributed by atoms with Gasteiger partial charge in [-0.05, 0) is 12.1 Å². The van der Waals surface area contributed by atoms with Crippen LogP contribution >= 0.6 is 11.8 Å². The van der Waals surface area contributed by atoms with Crippen molar-refractivity contribution in [3.05, 3.63) is 24.0 Å².